The van der Waals surface area contributed by atoms with Crippen molar-refractivity contribution in [2.45, 2.75) is 0 Å². The molecule has 0 aliphatic carbocycles. The Morgan fingerprint density at radius 1 is 1.56 bits per heavy atom. The summed E-state index contributed by atoms with van der Waals surface area (Å²) in [4.78, 5) is 10.1. The zero-order chi connectivity index (χ0) is 6.69. The zero-order valence-corrected chi connectivity index (χ0v) is 5.35. The maximum atomic E-state index is 10.1. The Labute approximate surface area is 58.3 Å². The first-order chi connectivity index (χ1) is 4.33. The fourth-order valence-corrected chi connectivity index (χ4v) is 0.717. The summed E-state index contributed by atoms with van der Waals surface area (Å²) in [7, 11) is 0. The van der Waals surface area contributed by atoms with Crippen LogP contribution in [0.5, 0.6) is 0 Å². The van der Waals surface area contributed by atoms with Crippen LogP contribution in [-0.2, 0) is 0 Å². The van der Waals surface area contributed by atoms with Gasteiger partial charge in [0.2, 0.25) is 0 Å². The van der Waals surface area contributed by atoms with Gasteiger partial charge in [-0.15, -0.1) is 0 Å². The number of benzene rings is 1. The predicted octanol–water partition coefficient (Wildman–Crippen LogP) is 1.95. The van der Waals surface area contributed by atoms with Gasteiger partial charge in [-0.25, -0.2) is 0 Å². The molecule has 0 aromatic heterocycles. The van der Waals surface area contributed by atoms with Gasteiger partial charge in [-0.3, -0.25) is 4.79 Å². The normalized spacial score (nSPS) is 9.00. The monoisotopic (exact) mass is 139 g/mol. The van der Waals surface area contributed by atoms with E-state index in [0.717, 1.165) is 6.29 Å². The molecule has 1 aromatic carbocycles. The summed E-state index contributed by atoms with van der Waals surface area (Å²) in [6.07, 6.45) is 0.738. The SMILES string of the molecule is O=Cc1c[c]cc(Cl)c1. The molecule has 0 amide bonds. The molecule has 0 fully saturated rings. The maximum Gasteiger partial charge on any atom is 0.150 e. The summed E-state index contributed by atoms with van der Waals surface area (Å²) in [5.41, 5.74) is 0.558. The van der Waals surface area contributed by atoms with Crippen LogP contribution in [0.1, 0.15) is 10.4 Å². The lowest BCUT2D eigenvalue weighted by Crippen LogP contribution is -1.75. The highest BCUT2D eigenvalue weighted by atomic mass is 35.5. The third-order valence-electron chi connectivity index (χ3n) is 0.912. The summed E-state index contributed by atoms with van der Waals surface area (Å²) in [6, 6.07) is 7.49. The van der Waals surface area contributed by atoms with Gasteiger partial charge >= 0.3 is 0 Å². The number of aldehydes is 1. The summed E-state index contributed by atoms with van der Waals surface area (Å²) < 4.78 is 0. The third kappa shape index (κ3) is 1.54. The van der Waals surface area contributed by atoms with Crippen molar-refractivity contribution in [2.75, 3.05) is 0 Å². The van der Waals surface area contributed by atoms with Crippen molar-refractivity contribution >= 4 is 17.9 Å². The molecule has 0 saturated carbocycles. The van der Waals surface area contributed by atoms with Crippen molar-refractivity contribution < 1.29 is 4.79 Å². The van der Waals surface area contributed by atoms with E-state index in [0.29, 0.717) is 10.6 Å². The molecule has 0 aliphatic heterocycles. The Balaban J connectivity index is 3.07. The van der Waals surface area contributed by atoms with Crippen LogP contribution in [-0.4, -0.2) is 6.29 Å². The molecule has 1 radical (unpaired) electrons. The number of rotatable bonds is 1. The average Bonchev–Trinajstić information content (AvgIpc) is 1.88. The lowest BCUT2D eigenvalue weighted by atomic mass is 10.2. The van der Waals surface area contributed by atoms with E-state index in [9.17, 15) is 4.79 Å². The standard InChI is InChI=1S/C7H4ClO/c8-7-3-1-2-6(4-7)5-9/h2-5H. The van der Waals surface area contributed by atoms with E-state index in [-0.39, 0.29) is 0 Å². The Morgan fingerprint density at radius 3 is 2.78 bits per heavy atom. The molecule has 0 spiro atoms. The van der Waals surface area contributed by atoms with Crippen LogP contribution in [0.15, 0.2) is 18.2 Å². The molecule has 0 bridgehead atoms. The van der Waals surface area contributed by atoms with Crippen LogP contribution in [0.4, 0.5) is 0 Å². The van der Waals surface area contributed by atoms with Gasteiger partial charge in [-0.05, 0) is 24.3 Å². The van der Waals surface area contributed by atoms with Crippen LogP contribution < -0.4 is 0 Å². The summed E-state index contributed by atoms with van der Waals surface area (Å²) >= 11 is 5.53. The molecular weight excluding hydrogens is 136 g/mol. The van der Waals surface area contributed by atoms with Crippen LogP contribution >= 0.6 is 11.6 Å². The van der Waals surface area contributed by atoms with E-state index in [1.54, 1.807) is 18.2 Å². The Morgan fingerprint density at radius 2 is 2.33 bits per heavy atom. The minimum atomic E-state index is 0.541. The number of carbonyl (C=O) groups is 1. The molecule has 1 nitrogen and oxygen atoms in total. The molecule has 9 heavy (non-hydrogen) atoms. The van der Waals surface area contributed by atoms with Gasteiger partial charge in [0.25, 0.3) is 0 Å². The molecule has 0 atom stereocenters. The topological polar surface area (TPSA) is 17.1 Å². The third-order valence-corrected chi connectivity index (χ3v) is 1.13. The molecule has 1 aromatic rings. The van der Waals surface area contributed by atoms with Gasteiger partial charge in [0.05, 0.1) is 0 Å². The minimum Gasteiger partial charge on any atom is -0.298 e. The fourth-order valence-electron chi connectivity index (χ4n) is 0.528. The molecule has 0 aliphatic rings. The van der Waals surface area contributed by atoms with Crippen LogP contribution in [0.25, 0.3) is 0 Å². The van der Waals surface area contributed by atoms with Gasteiger partial charge in [-0.2, -0.15) is 0 Å². The maximum absolute atomic E-state index is 10.1. The van der Waals surface area contributed by atoms with E-state index in [2.05, 4.69) is 6.07 Å². The van der Waals surface area contributed by atoms with E-state index in [1.807, 2.05) is 0 Å². The van der Waals surface area contributed by atoms with Crippen molar-refractivity contribution in [3.05, 3.63) is 34.9 Å². The van der Waals surface area contributed by atoms with E-state index < -0.39 is 0 Å². The summed E-state index contributed by atoms with van der Waals surface area (Å²) in [5.74, 6) is 0. The van der Waals surface area contributed by atoms with Crippen LogP contribution in [0.3, 0.4) is 0 Å². The predicted molar refractivity (Wildman–Crippen MR) is 35.7 cm³/mol. The Kier molecular flexibility index (Phi) is 1.85. The minimum absolute atomic E-state index is 0.541. The highest BCUT2D eigenvalue weighted by Crippen LogP contribution is 2.07. The largest absolute Gasteiger partial charge is 0.298 e. The molecule has 1 rings (SSSR count). The lowest BCUT2D eigenvalue weighted by molar-refractivity contribution is 0.112. The summed E-state index contributed by atoms with van der Waals surface area (Å²) in [5, 5.41) is 0.541. The molecular formula is C7H4ClO. The molecule has 0 heterocycles. The quantitative estimate of drug-likeness (QED) is 0.544. The van der Waals surface area contributed by atoms with E-state index in [4.69, 9.17) is 11.6 Å². The zero-order valence-electron chi connectivity index (χ0n) is 4.60. The second-order valence-electron chi connectivity index (χ2n) is 1.60. The van der Waals surface area contributed by atoms with E-state index in [1.165, 1.54) is 0 Å². The van der Waals surface area contributed by atoms with Gasteiger partial charge in [0.1, 0.15) is 6.29 Å². The molecule has 0 saturated heterocycles. The Bertz CT molecular complexity index is 220. The molecule has 2 heteroatoms. The fraction of sp³-hybridized carbons (Fsp3) is 0. The first-order valence-electron chi connectivity index (χ1n) is 2.45. The van der Waals surface area contributed by atoms with Crippen LogP contribution in [0.2, 0.25) is 5.02 Å². The van der Waals surface area contributed by atoms with Crippen molar-refractivity contribution in [1.29, 1.82) is 0 Å². The first-order valence-corrected chi connectivity index (χ1v) is 2.82. The van der Waals surface area contributed by atoms with Gasteiger partial charge in [-0.1, -0.05) is 11.6 Å². The van der Waals surface area contributed by atoms with Crippen molar-refractivity contribution in [1.82, 2.24) is 0 Å². The van der Waals surface area contributed by atoms with Gasteiger partial charge < -0.3 is 0 Å². The molecule has 0 N–H and O–H groups in total. The number of hydrogen-bond acceptors (Lipinski definition) is 1. The second kappa shape index (κ2) is 2.65. The van der Waals surface area contributed by atoms with Crippen molar-refractivity contribution in [3.63, 3.8) is 0 Å². The number of halogens is 1. The van der Waals surface area contributed by atoms with Crippen LogP contribution in [0, 0.1) is 6.07 Å². The van der Waals surface area contributed by atoms with Crippen molar-refractivity contribution in [2.24, 2.45) is 0 Å². The highest BCUT2D eigenvalue weighted by molar-refractivity contribution is 6.30. The highest BCUT2D eigenvalue weighted by Gasteiger charge is 1.88. The van der Waals surface area contributed by atoms with Crippen molar-refractivity contribution in [3.8, 4) is 0 Å². The lowest BCUT2D eigenvalue weighted by Gasteiger charge is -1.87. The molecule has 0 unspecified atom stereocenters. The van der Waals surface area contributed by atoms with E-state index >= 15 is 0 Å². The first kappa shape index (κ1) is 6.30. The Hall–Kier alpha value is -0.820. The second-order valence-corrected chi connectivity index (χ2v) is 2.04. The van der Waals surface area contributed by atoms with Gasteiger partial charge in [0, 0.05) is 10.6 Å². The smallest absolute Gasteiger partial charge is 0.150 e. The molecule has 45 valence electrons. The number of hydrogen-bond donors (Lipinski definition) is 0. The summed E-state index contributed by atoms with van der Waals surface area (Å²) in [6.45, 7) is 0. The average molecular weight is 140 g/mol. The van der Waals surface area contributed by atoms with Gasteiger partial charge in [0.15, 0.2) is 0 Å². The number of carbonyl (C=O) groups excluding carboxylic acids is 1.